The van der Waals surface area contributed by atoms with Crippen LogP contribution in [0.5, 0.6) is 0 Å². The average Bonchev–Trinajstić information content (AvgIpc) is 2.40. The van der Waals surface area contributed by atoms with Crippen LogP contribution in [0.2, 0.25) is 0 Å². The molecule has 0 aliphatic carbocycles. The van der Waals surface area contributed by atoms with Gasteiger partial charge in [0.15, 0.2) is 0 Å². The zero-order chi connectivity index (χ0) is 12.1. The van der Waals surface area contributed by atoms with Gasteiger partial charge in [-0.2, -0.15) is 0 Å². The van der Waals surface area contributed by atoms with Crippen molar-refractivity contribution in [2.24, 2.45) is 0 Å². The standard InChI is InChI=1S/C15H18N2/c1-12(14-7-4-3-5-8-14)17-13(2)15-9-6-10-16-11-15/h3-13,17H,1-2H3/t12-,13-/m0/s1. The van der Waals surface area contributed by atoms with Crippen molar-refractivity contribution in [1.82, 2.24) is 10.3 Å². The topological polar surface area (TPSA) is 24.9 Å². The summed E-state index contributed by atoms with van der Waals surface area (Å²) < 4.78 is 0. The minimum Gasteiger partial charge on any atom is -0.304 e. The van der Waals surface area contributed by atoms with E-state index in [1.54, 1.807) is 6.20 Å². The van der Waals surface area contributed by atoms with Crippen LogP contribution >= 0.6 is 0 Å². The molecule has 2 nitrogen and oxygen atoms in total. The van der Waals surface area contributed by atoms with E-state index in [4.69, 9.17) is 0 Å². The second kappa shape index (κ2) is 5.60. The molecule has 2 rings (SSSR count). The molecule has 1 aromatic carbocycles. The van der Waals surface area contributed by atoms with Crippen LogP contribution in [0.3, 0.4) is 0 Å². The van der Waals surface area contributed by atoms with E-state index < -0.39 is 0 Å². The molecule has 0 saturated heterocycles. The van der Waals surface area contributed by atoms with Gasteiger partial charge in [-0.3, -0.25) is 4.98 Å². The molecule has 1 heterocycles. The molecule has 0 bridgehead atoms. The molecule has 0 spiro atoms. The average molecular weight is 226 g/mol. The Morgan fingerprint density at radius 2 is 1.53 bits per heavy atom. The van der Waals surface area contributed by atoms with Crippen molar-refractivity contribution in [3.05, 3.63) is 66.0 Å². The van der Waals surface area contributed by atoms with Gasteiger partial charge in [-0.15, -0.1) is 0 Å². The minimum absolute atomic E-state index is 0.305. The van der Waals surface area contributed by atoms with Gasteiger partial charge in [-0.25, -0.2) is 0 Å². The number of aromatic nitrogens is 1. The highest BCUT2D eigenvalue weighted by atomic mass is 14.9. The van der Waals surface area contributed by atoms with Gasteiger partial charge >= 0.3 is 0 Å². The maximum absolute atomic E-state index is 4.15. The second-order valence-electron chi connectivity index (χ2n) is 4.31. The first kappa shape index (κ1) is 11.8. The molecular formula is C15H18N2. The summed E-state index contributed by atoms with van der Waals surface area (Å²) in [5.74, 6) is 0. The summed E-state index contributed by atoms with van der Waals surface area (Å²) >= 11 is 0. The van der Waals surface area contributed by atoms with E-state index in [2.05, 4.69) is 54.5 Å². The number of rotatable bonds is 4. The predicted molar refractivity (Wildman–Crippen MR) is 70.6 cm³/mol. The fraction of sp³-hybridized carbons (Fsp3) is 0.267. The summed E-state index contributed by atoms with van der Waals surface area (Å²) in [5, 5.41) is 3.57. The Balaban J connectivity index is 2.02. The van der Waals surface area contributed by atoms with Crippen LogP contribution in [0.1, 0.15) is 37.1 Å². The van der Waals surface area contributed by atoms with Gasteiger partial charge in [0.2, 0.25) is 0 Å². The fourth-order valence-electron chi connectivity index (χ4n) is 1.94. The van der Waals surface area contributed by atoms with Crippen molar-refractivity contribution in [3.8, 4) is 0 Å². The predicted octanol–water partition coefficient (Wildman–Crippen LogP) is 3.49. The number of nitrogens with zero attached hydrogens (tertiary/aromatic N) is 1. The lowest BCUT2D eigenvalue weighted by Crippen LogP contribution is -2.22. The maximum Gasteiger partial charge on any atom is 0.0315 e. The summed E-state index contributed by atoms with van der Waals surface area (Å²) in [6.45, 7) is 4.35. The normalized spacial score (nSPS) is 14.2. The Morgan fingerprint density at radius 1 is 0.882 bits per heavy atom. The fourth-order valence-corrected chi connectivity index (χ4v) is 1.94. The van der Waals surface area contributed by atoms with Gasteiger partial charge in [-0.05, 0) is 31.0 Å². The van der Waals surface area contributed by atoms with Gasteiger partial charge in [0.1, 0.15) is 0 Å². The summed E-state index contributed by atoms with van der Waals surface area (Å²) in [5.41, 5.74) is 2.53. The van der Waals surface area contributed by atoms with Gasteiger partial charge in [-0.1, -0.05) is 36.4 Å². The second-order valence-corrected chi connectivity index (χ2v) is 4.31. The SMILES string of the molecule is C[C@H](N[C@@H](C)c1cccnc1)c1ccccc1. The largest absolute Gasteiger partial charge is 0.304 e. The molecule has 0 amide bonds. The zero-order valence-electron chi connectivity index (χ0n) is 10.3. The van der Waals surface area contributed by atoms with E-state index in [-0.39, 0.29) is 0 Å². The van der Waals surface area contributed by atoms with E-state index >= 15 is 0 Å². The third kappa shape index (κ3) is 3.14. The maximum atomic E-state index is 4.15. The molecular weight excluding hydrogens is 208 g/mol. The van der Waals surface area contributed by atoms with Crippen LogP contribution < -0.4 is 5.32 Å². The Morgan fingerprint density at radius 3 is 2.18 bits per heavy atom. The highest BCUT2D eigenvalue weighted by Gasteiger charge is 2.10. The molecule has 0 aliphatic rings. The van der Waals surface area contributed by atoms with Crippen LogP contribution in [-0.2, 0) is 0 Å². The summed E-state index contributed by atoms with van der Waals surface area (Å²) in [6, 6.07) is 15.2. The molecule has 0 aliphatic heterocycles. The van der Waals surface area contributed by atoms with E-state index in [0.29, 0.717) is 12.1 Å². The Labute approximate surface area is 103 Å². The molecule has 1 aromatic heterocycles. The van der Waals surface area contributed by atoms with Crippen LogP contribution in [0.25, 0.3) is 0 Å². The molecule has 2 aromatic rings. The molecule has 88 valence electrons. The van der Waals surface area contributed by atoms with Gasteiger partial charge in [0.05, 0.1) is 0 Å². The molecule has 0 radical (unpaired) electrons. The van der Waals surface area contributed by atoms with Crippen LogP contribution in [0, 0.1) is 0 Å². The van der Waals surface area contributed by atoms with E-state index in [9.17, 15) is 0 Å². The van der Waals surface area contributed by atoms with E-state index in [1.165, 1.54) is 11.1 Å². The highest BCUT2D eigenvalue weighted by Crippen LogP contribution is 2.18. The Bertz CT molecular complexity index is 395. The lowest BCUT2D eigenvalue weighted by atomic mass is 10.1. The van der Waals surface area contributed by atoms with Crippen molar-refractivity contribution in [2.45, 2.75) is 25.9 Å². The van der Waals surface area contributed by atoms with Crippen molar-refractivity contribution < 1.29 is 0 Å². The number of hydrogen-bond donors (Lipinski definition) is 1. The van der Waals surface area contributed by atoms with Crippen LogP contribution in [0.4, 0.5) is 0 Å². The van der Waals surface area contributed by atoms with Crippen molar-refractivity contribution >= 4 is 0 Å². The molecule has 1 N–H and O–H groups in total. The number of hydrogen-bond acceptors (Lipinski definition) is 2. The lowest BCUT2D eigenvalue weighted by molar-refractivity contribution is 0.494. The van der Waals surface area contributed by atoms with E-state index in [0.717, 1.165) is 0 Å². The molecule has 17 heavy (non-hydrogen) atoms. The van der Waals surface area contributed by atoms with Gasteiger partial charge in [0, 0.05) is 24.5 Å². The lowest BCUT2D eigenvalue weighted by Gasteiger charge is -2.20. The van der Waals surface area contributed by atoms with Crippen LogP contribution in [-0.4, -0.2) is 4.98 Å². The molecule has 0 fully saturated rings. The third-order valence-electron chi connectivity index (χ3n) is 2.98. The number of benzene rings is 1. The van der Waals surface area contributed by atoms with Gasteiger partial charge < -0.3 is 5.32 Å². The number of pyridine rings is 1. The minimum atomic E-state index is 0.305. The first-order valence-corrected chi connectivity index (χ1v) is 5.98. The zero-order valence-corrected chi connectivity index (χ0v) is 10.3. The smallest absolute Gasteiger partial charge is 0.0315 e. The summed E-state index contributed by atoms with van der Waals surface area (Å²) in [7, 11) is 0. The first-order chi connectivity index (χ1) is 8.27. The Kier molecular flexibility index (Phi) is 3.89. The van der Waals surface area contributed by atoms with Gasteiger partial charge in [0.25, 0.3) is 0 Å². The highest BCUT2D eigenvalue weighted by molar-refractivity contribution is 5.19. The Hall–Kier alpha value is -1.67. The van der Waals surface area contributed by atoms with Crippen LogP contribution in [0.15, 0.2) is 54.9 Å². The van der Waals surface area contributed by atoms with Crippen molar-refractivity contribution in [3.63, 3.8) is 0 Å². The van der Waals surface area contributed by atoms with Crippen molar-refractivity contribution in [2.75, 3.05) is 0 Å². The molecule has 0 saturated carbocycles. The summed E-state index contributed by atoms with van der Waals surface area (Å²) in [4.78, 5) is 4.15. The molecule has 2 atom stereocenters. The monoisotopic (exact) mass is 226 g/mol. The van der Waals surface area contributed by atoms with E-state index in [1.807, 2.05) is 18.3 Å². The first-order valence-electron chi connectivity index (χ1n) is 5.98. The molecule has 0 unspecified atom stereocenters. The summed E-state index contributed by atoms with van der Waals surface area (Å²) in [6.07, 6.45) is 3.71. The van der Waals surface area contributed by atoms with Crippen molar-refractivity contribution in [1.29, 1.82) is 0 Å². The third-order valence-corrected chi connectivity index (χ3v) is 2.98. The quantitative estimate of drug-likeness (QED) is 0.863. The number of nitrogens with one attached hydrogen (secondary N) is 1. The molecule has 2 heteroatoms.